The summed E-state index contributed by atoms with van der Waals surface area (Å²) in [6, 6.07) is 0. The molecule has 20 heavy (non-hydrogen) atoms. The van der Waals surface area contributed by atoms with Crippen molar-refractivity contribution < 1.29 is 24.3 Å². The topological polar surface area (TPSA) is 134 Å². The minimum absolute atomic E-state index is 0.216. The summed E-state index contributed by atoms with van der Waals surface area (Å²) in [7, 11) is 0. The Morgan fingerprint density at radius 2 is 1.85 bits per heavy atom. The van der Waals surface area contributed by atoms with Crippen molar-refractivity contribution in [2.45, 2.75) is 12.8 Å². The molecule has 0 aromatic heterocycles. The number of amides is 3. The molecule has 0 radical (unpaired) electrons. The SMILES string of the molecule is NC(=NO)C1(C(=O)N2CC(=O)NC(=O)C2)CCOCC1. The van der Waals surface area contributed by atoms with E-state index in [1.165, 1.54) is 0 Å². The van der Waals surface area contributed by atoms with Crippen LogP contribution in [0.1, 0.15) is 12.8 Å². The molecule has 0 spiro atoms. The number of oxime groups is 1. The Morgan fingerprint density at radius 3 is 2.35 bits per heavy atom. The van der Waals surface area contributed by atoms with Gasteiger partial charge < -0.3 is 20.6 Å². The lowest BCUT2D eigenvalue weighted by Crippen LogP contribution is -2.60. The van der Waals surface area contributed by atoms with E-state index in [2.05, 4.69) is 10.5 Å². The zero-order chi connectivity index (χ0) is 14.8. The van der Waals surface area contributed by atoms with Crippen molar-refractivity contribution >= 4 is 23.6 Å². The van der Waals surface area contributed by atoms with Gasteiger partial charge in [0.1, 0.15) is 18.5 Å². The van der Waals surface area contributed by atoms with Gasteiger partial charge in [-0.05, 0) is 12.8 Å². The lowest BCUT2D eigenvalue weighted by atomic mass is 9.77. The molecule has 2 aliphatic heterocycles. The number of ether oxygens (including phenoxy) is 1. The Morgan fingerprint density at radius 1 is 1.30 bits per heavy atom. The van der Waals surface area contributed by atoms with Gasteiger partial charge in [0.2, 0.25) is 17.7 Å². The Labute approximate surface area is 114 Å². The molecule has 2 fully saturated rings. The molecule has 9 nitrogen and oxygen atoms in total. The molecule has 0 aromatic carbocycles. The predicted molar refractivity (Wildman–Crippen MR) is 65.6 cm³/mol. The minimum atomic E-state index is -1.22. The van der Waals surface area contributed by atoms with Crippen LogP contribution in [0.2, 0.25) is 0 Å². The number of nitrogens with zero attached hydrogens (tertiary/aromatic N) is 2. The fourth-order valence-electron chi connectivity index (χ4n) is 2.48. The van der Waals surface area contributed by atoms with Crippen LogP contribution < -0.4 is 11.1 Å². The van der Waals surface area contributed by atoms with Gasteiger partial charge in [0.15, 0.2) is 5.84 Å². The maximum Gasteiger partial charge on any atom is 0.246 e. The van der Waals surface area contributed by atoms with E-state index in [0.29, 0.717) is 0 Å². The fourth-order valence-corrected chi connectivity index (χ4v) is 2.48. The number of rotatable bonds is 2. The van der Waals surface area contributed by atoms with Crippen molar-refractivity contribution in [3.05, 3.63) is 0 Å². The van der Waals surface area contributed by atoms with Gasteiger partial charge in [-0.15, -0.1) is 0 Å². The Hall–Kier alpha value is -2.16. The molecule has 0 bridgehead atoms. The van der Waals surface area contributed by atoms with E-state index < -0.39 is 23.1 Å². The molecule has 0 atom stereocenters. The molecule has 0 aliphatic carbocycles. The van der Waals surface area contributed by atoms with Crippen LogP contribution in [-0.2, 0) is 19.1 Å². The van der Waals surface area contributed by atoms with E-state index in [1.54, 1.807) is 0 Å². The maximum atomic E-state index is 12.6. The minimum Gasteiger partial charge on any atom is -0.409 e. The third kappa shape index (κ3) is 2.44. The Balaban J connectivity index is 2.27. The van der Waals surface area contributed by atoms with Gasteiger partial charge in [-0.1, -0.05) is 5.16 Å². The highest BCUT2D eigenvalue weighted by molar-refractivity contribution is 6.10. The maximum absolute atomic E-state index is 12.6. The van der Waals surface area contributed by atoms with Crippen LogP contribution in [0.3, 0.4) is 0 Å². The fraction of sp³-hybridized carbons (Fsp3) is 0.636. The van der Waals surface area contributed by atoms with E-state index >= 15 is 0 Å². The van der Waals surface area contributed by atoms with E-state index in [1.807, 2.05) is 0 Å². The molecule has 110 valence electrons. The second-order valence-electron chi connectivity index (χ2n) is 4.81. The van der Waals surface area contributed by atoms with Crippen molar-refractivity contribution in [2.75, 3.05) is 26.3 Å². The summed E-state index contributed by atoms with van der Waals surface area (Å²) in [4.78, 5) is 36.5. The first kappa shape index (κ1) is 14.3. The molecule has 2 aliphatic rings. The van der Waals surface area contributed by atoms with Gasteiger partial charge in [-0.2, -0.15) is 0 Å². The van der Waals surface area contributed by atoms with Crippen LogP contribution in [0.5, 0.6) is 0 Å². The first-order valence-electron chi connectivity index (χ1n) is 6.17. The summed E-state index contributed by atoms with van der Waals surface area (Å²) in [5.41, 5.74) is 4.45. The molecular weight excluding hydrogens is 268 g/mol. The van der Waals surface area contributed by atoms with Gasteiger partial charge in [-0.25, -0.2) is 0 Å². The number of piperazine rings is 1. The van der Waals surface area contributed by atoms with Gasteiger partial charge in [0.05, 0.1) is 0 Å². The average Bonchev–Trinajstić information content (AvgIpc) is 2.45. The van der Waals surface area contributed by atoms with Crippen LogP contribution in [0, 0.1) is 5.41 Å². The van der Waals surface area contributed by atoms with E-state index in [0.717, 1.165) is 4.90 Å². The number of hydrogen-bond acceptors (Lipinski definition) is 6. The van der Waals surface area contributed by atoms with Crippen molar-refractivity contribution in [3.8, 4) is 0 Å². The predicted octanol–water partition coefficient (Wildman–Crippen LogP) is -1.99. The zero-order valence-corrected chi connectivity index (χ0v) is 10.8. The highest BCUT2D eigenvalue weighted by Gasteiger charge is 2.48. The van der Waals surface area contributed by atoms with E-state index in [4.69, 9.17) is 15.7 Å². The number of hydrogen-bond donors (Lipinski definition) is 3. The quantitative estimate of drug-likeness (QED) is 0.177. The lowest BCUT2D eigenvalue weighted by molar-refractivity contribution is -0.151. The third-order valence-electron chi connectivity index (χ3n) is 3.59. The van der Waals surface area contributed by atoms with Crippen molar-refractivity contribution in [2.24, 2.45) is 16.3 Å². The molecule has 4 N–H and O–H groups in total. The standard InChI is InChI=1S/C11H16N4O5/c12-9(14-19)11(1-3-20-4-2-11)10(18)15-5-7(16)13-8(17)6-15/h19H,1-6H2,(H2,12,14)(H,13,16,17). The lowest BCUT2D eigenvalue weighted by Gasteiger charge is -2.39. The summed E-state index contributed by atoms with van der Waals surface area (Å²) >= 11 is 0. The number of carbonyl (C=O) groups excluding carboxylic acids is 3. The second-order valence-corrected chi connectivity index (χ2v) is 4.81. The van der Waals surface area contributed by atoms with Gasteiger partial charge in [0.25, 0.3) is 0 Å². The highest BCUT2D eigenvalue weighted by atomic mass is 16.5. The van der Waals surface area contributed by atoms with Gasteiger partial charge >= 0.3 is 0 Å². The first-order valence-corrected chi connectivity index (χ1v) is 6.17. The molecule has 2 heterocycles. The summed E-state index contributed by atoms with van der Waals surface area (Å²) in [6.07, 6.45) is 0.488. The molecule has 0 unspecified atom stereocenters. The Bertz CT molecular complexity index is 453. The second kappa shape index (κ2) is 5.45. The van der Waals surface area contributed by atoms with Gasteiger partial charge in [0, 0.05) is 13.2 Å². The monoisotopic (exact) mass is 284 g/mol. The highest BCUT2D eigenvalue weighted by Crippen LogP contribution is 2.33. The first-order chi connectivity index (χ1) is 9.49. The Kier molecular flexibility index (Phi) is 3.89. The molecule has 9 heteroatoms. The molecular formula is C11H16N4O5. The summed E-state index contributed by atoms with van der Waals surface area (Å²) in [5.74, 6) is -1.80. The van der Waals surface area contributed by atoms with Crippen LogP contribution in [0.15, 0.2) is 5.16 Å². The molecule has 0 aromatic rings. The van der Waals surface area contributed by atoms with E-state index in [-0.39, 0.29) is 45.0 Å². The number of imide groups is 1. The molecule has 3 amide bonds. The van der Waals surface area contributed by atoms with Gasteiger partial charge in [-0.3, -0.25) is 19.7 Å². The molecule has 2 saturated heterocycles. The van der Waals surface area contributed by atoms with Crippen LogP contribution >= 0.6 is 0 Å². The smallest absolute Gasteiger partial charge is 0.246 e. The van der Waals surface area contributed by atoms with Crippen LogP contribution in [0.4, 0.5) is 0 Å². The summed E-state index contributed by atoms with van der Waals surface area (Å²) in [6.45, 7) is 0.143. The number of nitrogens with one attached hydrogen (secondary N) is 1. The normalized spacial score (nSPS) is 23.4. The van der Waals surface area contributed by atoms with Crippen molar-refractivity contribution in [3.63, 3.8) is 0 Å². The molecule has 0 saturated carbocycles. The number of amidine groups is 1. The zero-order valence-electron chi connectivity index (χ0n) is 10.8. The third-order valence-corrected chi connectivity index (χ3v) is 3.59. The number of nitrogens with two attached hydrogens (primary N) is 1. The number of carbonyl (C=O) groups is 3. The van der Waals surface area contributed by atoms with Crippen LogP contribution in [0.25, 0.3) is 0 Å². The van der Waals surface area contributed by atoms with Crippen molar-refractivity contribution in [1.29, 1.82) is 0 Å². The van der Waals surface area contributed by atoms with Crippen LogP contribution in [-0.4, -0.2) is 60.0 Å². The van der Waals surface area contributed by atoms with Crippen molar-refractivity contribution in [1.82, 2.24) is 10.2 Å². The molecule has 2 rings (SSSR count). The van der Waals surface area contributed by atoms with E-state index in [9.17, 15) is 14.4 Å². The average molecular weight is 284 g/mol. The summed E-state index contributed by atoms with van der Waals surface area (Å²) in [5, 5.41) is 14.0. The largest absolute Gasteiger partial charge is 0.409 e. The summed E-state index contributed by atoms with van der Waals surface area (Å²) < 4.78 is 5.19.